The molecule has 10 nitrogen and oxygen atoms in total. The van der Waals surface area contributed by atoms with Gasteiger partial charge in [0.25, 0.3) is 11.5 Å². The van der Waals surface area contributed by atoms with E-state index in [1.165, 1.54) is 30.9 Å². The minimum absolute atomic E-state index is 0.0375. The third-order valence-corrected chi connectivity index (χ3v) is 6.62. The highest BCUT2D eigenvalue weighted by Gasteiger charge is 2.19. The number of hydrogen-bond donors (Lipinski definition) is 2. The summed E-state index contributed by atoms with van der Waals surface area (Å²) in [7, 11) is 2.91. The summed E-state index contributed by atoms with van der Waals surface area (Å²) in [6.07, 6.45) is 1.62. The normalized spacial score (nSPS) is 11.9. The van der Waals surface area contributed by atoms with Crippen LogP contribution in [0.25, 0.3) is 10.9 Å². The van der Waals surface area contributed by atoms with E-state index in [4.69, 9.17) is 9.47 Å². The largest absolute Gasteiger partial charge is 0.493 e. The first-order valence-corrected chi connectivity index (χ1v) is 13.1. The SMILES string of the molecule is CC[C@H](C)NC(=O)Cn1c(=O)n(Cc2ccc(C(=O)NCCC(C)C)cc2)c(=O)c2cc(OC)c(OC)cc21. The minimum Gasteiger partial charge on any atom is -0.493 e. The van der Waals surface area contributed by atoms with Gasteiger partial charge in [0.2, 0.25) is 5.91 Å². The molecule has 0 aliphatic heterocycles. The number of methoxy groups -OCH3 is 2. The lowest BCUT2D eigenvalue weighted by atomic mass is 10.1. The summed E-state index contributed by atoms with van der Waals surface area (Å²) in [5, 5.41) is 5.97. The van der Waals surface area contributed by atoms with Crippen molar-refractivity contribution in [3.8, 4) is 11.5 Å². The van der Waals surface area contributed by atoms with Gasteiger partial charge < -0.3 is 20.1 Å². The van der Waals surface area contributed by atoms with Crippen LogP contribution in [-0.4, -0.2) is 47.8 Å². The molecule has 1 heterocycles. The highest BCUT2D eigenvalue weighted by molar-refractivity contribution is 5.94. The van der Waals surface area contributed by atoms with Crippen molar-refractivity contribution < 1.29 is 19.1 Å². The molecule has 0 saturated carbocycles. The highest BCUT2D eigenvalue weighted by atomic mass is 16.5. The average molecular weight is 539 g/mol. The van der Waals surface area contributed by atoms with Crippen molar-refractivity contribution in [3.63, 3.8) is 0 Å². The zero-order valence-corrected chi connectivity index (χ0v) is 23.5. The molecule has 0 aliphatic carbocycles. The molecular weight excluding hydrogens is 500 g/mol. The van der Waals surface area contributed by atoms with Crippen molar-refractivity contribution in [2.45, 2.75) is 59.7 Å². The van der Waals surface area contributed by atoms with E-state index >= 15 is 0 Å². The minimum atomic E-state index is -0.630. The molecule has 3 rings (SSSR count). The zero-order chi connectivity index (χ0) is 28.7. The molecule has 2 N–H and O–H groups in total. The number of benzene rings is 2. The summed E-state index contributed by atoms with van der Waals surface area (Å²) >= 11 is 0. The second-order valence-electron chi connectivity index (χ2n) is 10.00. The van der Waals surface area contributed by atoms with Crippen LogP contribution in [0.2, 0.25) is 0 Å². The summed E-state index contributed by atoms with van der Waals surface area (Å²) in [6.45, 7) is 8.28. The fourth-order valence-corrected chi connectivity index (χ4v) is 4.12. The van der Waals surface area contributed by atoms with E-state index in [1.54, 1.807) is 24.3 Å². The van der Waals surface area contributed by atoms with Gasteiger partial charge >= 0.3 is 5.69 Å². The van der Waals surface area contributed by atoms with Gasteiger partial charge in [-0.05, 0) is 49.4 Å². The lowest BCUT2D eigenvalue weighted by Crippen LogP contribution is -2.44. The topological polar surface area (TPSA) is 121 Å². The second kappa shape index (κ2) is 13.1. The number of carbonyl (C=O) groups is 2. The molecule has 3 aromatic rings. The maximum atomic E-state index is 13.6. The van der Waals surface area contributed by atoms with Crippen LogP contribution in [0.1, 0.15) is 56.5 Å². The van der Waals surface area contributed by atoms with Gasteiger partial charge in [-0.2, -0.15) is 0 Å². The van der Waals surface area contributed by atoms with E-state index in [2.05, 4.69) is 24.5 Å². The van der Waals surface area contributed by atoms with Crippen LogP contribution in [0.4, 0.5) is 0 Å². The van der Waals surface area contributed by atoms with Crippen molar-refractivity contribution >= 4 is 22.7 Å². The lowest BCUT2D eigenvalue weighted by Gasteiger charge is -2.17. The Morgan fingerprint density at radius 3 is 2.18 bits per heavy atom. The lowest BCUT2D eigenvalue weighted by molar-refractivity contribution is -0.122. The standard InChI is InChI=1S/C29H38N4O6/c1-7-19(4)31-26(34)17-32-23-15-25(39-6)24(38-5)14-22(23)28(36)33(29(32)37)16-20-8-10-21(11-9-20)27(35)30-13-12-18(2)3/h8-11,14-15,18-19H,7,12-13,16-17H2,1-6H3,(H,30,35)(H,31,34)/t19-/m0/s1. The monoisotopic (exact) mass is 538 g/mol. The van der Waals surface area contributed by atoms with Gasteiger partial charge in [-0.25, -0.2) is 4.79 Å². The van der Waals surface area contributed by atoms with Crippen molar-refractivity contribution in [2.24, 2.45) is 5.92 Å². The fourth-order valence-electron chi connectivity index (χ4n) is 4.12. The predicted molar refractivity (Wildman–Crippen MR) is 151 cm³/mol. The van der Waals surface area contributed by atoms with Crippen LogP contribution in [0, 0.1) is 5.92 Å². The number of nitrogens with one attached hydrogen (secondary N) is 2. The van der Waals surface area contributed by atoms with Gasteiger partial charge in [-0.1, -0.05) is 32.9 Å². The smallest absolute Gasteiger partial charge is 0.332 e. The number of amides is 2. The summed E-state index contributed by atoms with van der Waals surface area (Å²) in [5.74, 6) is 0.621. The molecule has 0 bridgehead atoms. The van der Waals surface area contributed by atoms with E-state index in [-0.39, 0.29) is 41.8 Å². The molecule has 2 amide bonds. The van der Waals surface area contributed by atoms with Crippen LogP contribution in [0.15, 0.2) is 46.0 Å². The van der Waals surface area contributed by atoms with Crippen molar-refractivity contribution in [2.75, 3.05) is 20.8 Å². The molecular formula is C29H38N4O6. The molecule has 0 radical (unpaired) electrons. The van der Waals surface area contributed by atoms with Crippen molar-refractivity contribution in [1.82, 2.24) is 19.8 Å². The second-order valence-corrected chi connectivity index (χ2v) is 10.00. The third kappa shape index (κ3) is 7.07. The number of aromatic nitrogens is 2. The molecule has 2 aromatic carbocycles. The first-order valence-electron chi connectivity index (χ1n) is 13.1. The van der Waals surface area contributed by atoms with Gasteiger partial charge in [-0.3, -0.25) is 23.5 Å². The summed E-state index contributed by atoms with van der Waals surface area (Å²) in [4.78, 5) is 52.3. The van der Waals surface area contributed by atoms with Crippen molar-refractivity contribution in [1.29, 1.82) is 0 Å². The van der Waals surface area contributed by atoms with E-state index in [0.29, 0.717) is 35.1 Å². The first kappa shape index (κ1) is 29.5. The number of rotatable bonds is 12. The van der Waals surface area contributed by atoms with Crippen LogP contribution >= 0.6 is 0 Å². The Morgan fingerprint density at radius 2 is 1.59 bits per heavy atom. The Bertz CT molecular complexity index is 1440. The molecule has 0 unspecified atom stereocenters. The molecule has 1 atom stereocenters. The predicted octanol–water partition coefficient (Wildman–Crippen LogP) is 2.92. The van der Waals surface area contributed by atoms with Gasteiger partial charge in [0.1, 0.15) is 6.54 Å². The Balaban J connectivity index is 2.02. The van der Waals surface area contributed by atoms with Crippen LogP contribution in [-0.2, 0) is 17.9 Å². The molecule has 0 fully saturated rings. The van der Waals surface area contributed by atoms with Gasteiger partial charge in [0.05, 0.1) is 31.7 Å². The number of nitrogens with zero attached hydrogens (tertiary/aromatic N) is 2. The molecule has 0 saturated heterocycles. The van der Waals surface area contributed by atoms with Gasteiger partial charge in [0.15, 0.2) is 11.5 Å². The summed E-state index contributed by atoms with van der Waals surface area (Å²) < 4.78 is 13.1. The molecule has 210 valence electrons. The fraction of sp³-hybridized carbons (Fsp3) is 0.448. The number of fused-ring (bicyclic) bond motifs is 1. The number of hydrogen-bond acceptors (Lipinski definition) is 6. The molecule has 10 heteroatoms. The van der Waals surface area contributed by atoms with Crippen LogP contribution in [0.5, 0.6) is 11.5 Å². The summed E-state index contributed by atoms with van der Waals surface area (Å²) in [5.41, 5.74) is 0.263. The van der Waals surface area contributed by atoms with Gasteiger partial charge in [-0.15, -0.1) is 0 Å². The van der Waals surface area contributed by atoms with E-state index < -0.39 is 11.2 Å². The van der Waals surface area contributed by atoms with Crippen molar-refractivity contribution in [3.05, 3.63) is 68.4 Å². The van der Waals surface area contributed by atoms with Crippen LogP contribution < -0.4 is 31.4 Å². The number of carbonyl (C=O) groups excluding carboxylic acids is 2. The Kier molecular flexibility index (Phi) is 9.92. The number of ether oxygens (including phenoxy) is 2. The van der Waals surface area contributed by atoms with E-state index in [9.17, 15) is 19.2 Å². The first-order chi connectivity index (χ1) is 18.6. The van der Waals surface area contributed by atoms with Crippen LogP contribution in [0.3, 0.4) is 0 Å². The molecule has 0 spiro atoms. The molecule has 0 aliphatic rings. The Labute approximate surface area is 227 Å². The zero-order valence-electron chi connectivity index (χ0n) is 23.5. The maximum Gasteiger partial charge on any atom is 0.332 e. The van der Waals surface area contributed by atoms with E-state index in [0.717, 1.165) is 17.4 Å². The quantitative estimate of drug-likeness (QED) is 0.366. The highest BCUT2D eigenvalue weighted by Crippen LogP contribution is 2.30. The Hall–Kier alpha value is -4.08. The molecule has 1 aromatic heterocycles. The Morgan fingerprint density at radius 1 is 0.949 bits per heavy atom. The van der Waals surface area contributed by atoms with E-state index in [1.807, 2.05) is 13.8 Å². The maximum absolute atomic E-state index is 13.6. The van der Waals surface area contributed by atoms with Gasteiger partial charge in [0, 0.05) is 24.2 Å². The average Bonchev–Trinajstić information content (AvgIpc) is 2.92. The molecule has 39 heavy (non-hydrogen) atoms. The summed E-state index contributed by atoms with van der Waals surface area (Å²) in [6, 6.07) is 9.73. The third-order valence-electron chi connectivity index (χ3n) is 6.62.